The van der Waals surface area contributed by atoms with Gasteiger partial charge in [-0.25, -0.2) is 4.79 Å². The molecule has 1 N–H and O–H groups in total. The third kappa shape index (κ3) is 1.56. The number of carboxylic acids is 1. The number of aromatic nitrogens is 1. The van der Waals surface area contributed by atoms with Gasteiger partial charge in [0.05, 0.1) is 0 Å². The lowest BCUT2D eigenvalue weighted by Gasteiger charge is -2.35. The molecule has 0 aliphatic heterocycles. The molecular weight excluding hydrogens is 194 g/mol. The van der Waals surface area contributed by atoms with Crippen molar-refractivity contribution in [2.24, 2.45) is 5.92 Å². The number of rotatable bonds is 2. The van der Waals surface area contributed by atoms with Gasteiger partial charge < -0.3 is 9.67 Å². The molecule has 0 spiro atoms. The van der Waals surface area contributed by atoms with E-state index in [1.165, 1.54) is 6.07 Å². The van der Waals surface area contributed by atoms with E-state index in [0.717, 1.165) is 12.8 Å². The summed E-state index contributed by atoms with van der Waals surface area (Å²) in [5.41, 5.74) is -0.529. The van der Waals surface area contributed by atoms with E-state index < -0.39 is 5.97 Å². The van der Waals surface area contributed by atoms with E-state index in [-0.39, 0.29) is 17.2 Å². The molecule has 1 unspecified atom stereocenters. The van der Waals surface area contributed by atoms with Gasteiger partial charge in [0, 0.05) is 12.2 Å². The standard InChI is InChI=1S/C11H13NO3/c1-7-4-5-9(7)12-6-2-3-8(10(12)13)11(14)15/h2-3,6-7,9H,4-5H2,1H3,(H,14,15)/t7-,9?/m1/s1. The van der Waals surface area contributed by atoms with E-state index >= 15 is 0 Å². The zero-order chi connectivity index (χ0) is 11.0. The van der Waals surface area contributed by atoms with Crippen LogP contribution in [0.25, 0.3) is 0 Å². The third-order valence-corrected chi connectivity index (χ3v) is 3.14. The Morgan fingerprint density at radius 1 is 1.53 bits per heavy atom. The Morgan fingerprint density at radius 2 is 2.27 bits per heavy atom. The Hall–Kier alpha value is -1.58. The predicted octanol–water partition coefficient (Wildman–Crippen LogP) is 1.52. The van der Waals surface area contributed by atoms with Gasteiger partial charge in [-0.05, 0) is 30.9 Å². The summed E-state index contributed by atoms with van der Waals surface area (Å²) >= 11 is 0. The zero-order valence-corrected chi connectivity index (χ0v) is 8.51. The molecule has 15 heavy (non-hydrogen) atoms. The van der Waals surface area contributed by atoms with Crippen LogP contribution in [-0.4, -0.2) is 15.6 Å². The molecule has 1 aromatic heterocycles. The Bertz CT molecular complexity index is 449. The van der Waals surface area contributed by atoms with Gasteiger partial charge in [0.15, 0.2) is 0 Å². The predicted molar refractivity (Wildman–Crippen MR) is 55.1 cm³/mol. The number of hydrogen-bond acceptors (Lipinski definition) is 2. The summed E-state index contributed by atoms with van der Waals surface area (Å²) in [6.45, 7) is 2.08. The summed E-state index contributed by atoms with van der Waals surface area (Å²) in [6, 6.07) is 3.15. The lowest BCUT2D eigenvalue weighted by molar-refractivity contribution is 0.0692. The highest BCUT2D eigenvalue weighted by Crippen LogP contribution is 2.36. The van der Waals surface area contributed by atoms with Crippen molar-refractivity contribution in [3.63, 3.8) is 0 Å². The first kappa shape index (κ1) is 9.96. The topological polar surface area (TPSA) is 59.3 Å². The Kier molecular flexibility index (Phi) is 2.34. The molecule has 1 fully saturated rings. The van der Waals surface area contributed by atoms with Crippen molar-refractivity contribution < 1.29 is 9.90 Å². The van der Waals surface area contributed by atoms with E-state index in [9.17, 15) is 9.59 Å². The Labute approximate surface area is 87.2 Å². The molecule has 4 nitrogen and oxygen atoms in total. The summed E-state index contributed by atoms with van der Waals surface area (Å²) in [5, 5.41) is 8.82. The SMILES string of the molecule is C[C@@H]1CCC1n1cccc(C(=O)O)c1=O. The van der Waals surface area contributed by atoms with Crippen molar-refractivity contribution in [1.82, 2.24) is 4.57 Å². The second-order valence-corrected chi connectivity index (χ2v) is 4.06. The van der Waals surface area contributed by atoms with E-state index in [1.807, 2.05) is 0 Å². The van der Waals surface area contributed by atoms with Gasteiger partial charge in [0.2, 0.25) is 0 Å². The highest BCUT2D eigenvalue weighted by Gasteiger charge is 2.29. The highest BCUT2D eigenvalue weighted by atomic mass is 16.4. The summed E-state index contributed by atoms with van der Waals surface area (Å²) in [5.74, 6) is -0.687. The summed E-state index contributed by atoms with van der Waals surface area (Å²) in [7, 11) is 0. The summed E-state index contributed by atoms with van der Waals surface area (Å²) < 4.78 is 1.55. The highest BCUT2D eigenvalue weighted by molar-refractivity contribution is 5.86. The molecule has 1 heterocycles. The number of carboxylic acid groups (broad SMARTS) is 1. The van der Waals surface area contributed by atoms with Crippen molar-refractivity contribution in [2.45, 2.75) is 25.8 Å². The maximum absolute atomic E-state index is 11.8. The third-order valence-electron chi connectivity index (χ3n) is 3.14. The first-order valence-corrected chi connectivity index (χ1v) is 5.05. The van der Waals surface area contributed by atoms with Crippen LogP contribution in [0.3, 0.4) is 0 Å². The zero-order valence-electron chi connectivity index (χ0n) is 8.51. The maximum Gasteiger partial charge on any atom is 0.341 e. The van der Waals surface area contributed by atoms with Gasteiger partial charge in [0.25, 0.3) is 5.56 Å². The minimum Gasteiger partial charge on any atom is -0.477 e. The second-order valence-electron chi connectivity index (χ2n) is 4.06. The fourth-order valence-electron chi connectivity index (χ4n) is 2.00. The lowest BCUT2D eigenvalue weighted by atomic mass is 9.81. The molecule has 0 aromatic carbocycles. The number of pyridine rings is 1. The molecule has 1 aliphatic carbocycles. The molecular formula is C11H13NO3. The average Bonchev–Trinajstić information content (AvgIpc) is 2.18. The van der Waals surface area contributed by atoms with Crippen molar-refractivity contribution in [3.05, 3.63) is 34.2 Å². The fraction of sp³-hybridized carbons (Fsp3) is 0.455. The molecule has 0 saturated heterocycles. The number of aromatic carboxylic acids is 1. The monoisotopic (exact) mass is 207 g/mol. The molecule has 1 aromatic rings. The van der Waals surface area contributed by atoms with Crippen molar-refractivity contribution in [1.29, 1.82) is 0 Å². The van der Waals surface area contributed by atoms with Crippen LogP contribution >= 0.6 is 0 Å². The Balaban J connectivity index is 2.45. The number of hydrogen-bond donors (Lipinski definition) is 1. The van der Waals surface area contributed by atoms with Crippen LogP contribution in [0.4, 0.5) is 0 Å². The van der Waals surface area contributed by atoms with Gasteiger partial charge in [-0.3, -0.25) is 4.79 Å². The van der Waals surface area contributed by atoms with Gasteiger partial charge in [-0.1, -0.05) is 6.92 Å². The molecule has 0 amide bonds. The van der Waals surface area contributed by atoms with Gasteiger partial charge in [-0.2, -0.15) is 0 Å². The lowest BCUT2D eigenvalue weighted by Crippen LogP contribution is -2.36. The number of nitrogens with zero attached hydrogens (tertiary/aromatic N) is 1. The maximum atomic E-state index is 11.8. The van der Waals surface area contributed by atoms with E-state index in [4.69, 9.17) is 5.11 Å². The van der Waals surface area contributed by atoms with Crippen molar-refractivity contribution in [2.75, 3.05) is 0 Å². The minimum atomic E-state index is -1.15. The van der Waals surface area contributed by atoms with Crippen LogP contribution in [0.2, 0.25) is 0 Å². The van der Waals surface area contributed by atoms with Crippen LogP contribution in [0.5, 0.6) is 0 Å². The van der Waals surface area contributed by atoms with Crippen LogP contribution in [-0.2, 0) is 0 Å². The summed E-state index contributed by atoms with van der Waals surface area (Å²) in [6.07, 6.45) is 3.74. The molecule has 0 bridgehead atoms. The molecule has 1 saturated carbocycles. The molecule has 2 rings (SSSR count). The molecule has 4 heteroatoms. The normalized spacial score (nSPS) is 24.6. The average molecular weight is 207 g/mol. The molecule has 0 radical (unpaired) electrons. The van der Waals surface area contributed by atoms with Crippen LogP contribution in [0.1, 0.15) is 36.2 Å². The van der Waals surface area contributed by atoms with Gasteiger partial charge >= 0.3 is 5.97 Å². The number of carbonyl (C=O) groups is 1. The molecule has 80 valence electrons. The Morgan fingerprint density at radius 3 is 2.73 bits per heavy atom. The summed E-state index contributed by atoms with van der Waals surface area (Å²) in [4.78, 5) is 22.5. The van der Waals surface area contributed by atoms with Gasteiger partial charge in [0.1, 0.15) is 5.56 Å². The van der Waals surface area contributed by atoms with E-state index in [0.29, 0.717) is 5.92 Å². The van der Waals surface area contributed by atoms with Crippen molar-refractivity contribution in [3.8, 4) is 0 Å². The first-order chi connectivity index (χ1) is 7.11. The van der Waals surface area contributed by atoms with Crippen LogP contribution in [0.15, 0.2) is 23.1 Å². The van der Waals surface area contributed by atoms with E-state index in [1.54, 1.807) is 16.8 Å². The van der Waals surface area contributed by atoms with E-state index in [2.05, 4.69) is 6.92 Å². The van der Waals surface area contributed by atoms with Crippen LogP contribution in [0, 0.1) is 5.92 Å². The van der Waals surface area contributed by atoms with Gasteiger partial charge in [-0.15, -0.1) is 0 Å². The quantitative estimate of drug-likeness (QED) is 0.799. The fourth-order valence-corrected chi connectivity index (χ4v) is 2.00. The largest absolute Gasteiger partial charge is 0.477 e. The first-order valence-electron chi connectivity index (χ1n) is 5.05. The smallest absolute Gasteiger partial charge is 0.341 e. The van der Waals surface area contributed by atoms with Crippen LogP contribution < -0.4 is 5.56 Å². The van der Waals surface area contributed by atoms with Crippen molar-refractivity contribution >= 4 is 5.97 Å². The second kappa shape index (κ2) is 3.53. The minimum absolute atomic E-state index is 0.142. The molecule has 2 atom stereocenters. The molecule has 1 aliphatic rings.